The van der Waals surface area contributed by atoms with Crippen LogP contribution in [-0.2, 0) is 19.1 Å². The Labute approximate surface area is 254 Å². The van der Waals surface area contributed by atoms with E-state index in [9.17, 15) is 19.5 Å². The van der Waals surface area contributed by atoms with Crippen molar-refractivity contribution in [1.82, 2.24) is 4.90 Å². The fraction of sp³-hybridized carbons (Fsp3) is 0.567. The largest absolute Gasteiger partial charge is 0.465 e. The highest BCUT2D eigenvalue weighted by atomic mass is 79.9. The highest BCUT2D eigenvalue weighted by Crippen LogP contribution is 2.68. The summed E-state index contributed by atoms with van der Waals surface area (Å²) in [6.07, 6.45) is 6.03. The van der Waals surface area contributed by atoms with E-state index in [4.69, 9.17) is 16.3 Å². The highest BCUT2D eigenvalue weighted by molar-refractivity contribution is 9.09. The second-order valence-electron chi connectivity index (χ2n) is 10.8. The Hall–Kier alpha value is -1.81. The lowest BCUT2D eigenvalue weighted by molar-refractivity contribution is -0.154. The van der Waals surface area contributed by atoms with E-state index >= 15 is 0 Å². The van der Waals surface area contributed by atoms with Gasteiger partial charge in [0.15, 0.2) is 0 Å². The molecule has 2 bridgehead atoms. The number of unbranched alkanes of at least 4 members (excludes halogenated alkanes) is 1. The van der Waals surface area contributed by atoms with E-state index in [1.165, 1.54) is 0 Å². The molecule has 0 aliphatic carbocycles. The van der Waals surface area contributed by atoms with Gasteiger partial charge in [-0.25, -0.2) is 0 Å². The minimum absolute atomic E-state index is 0.0704. The molecule has 1 spiro atoms. The number of likely N-dealkylation sites (tertiary alicyclic amines) is 1. The molecule has 1 aromatic rings. The first kappa shape index (κ1) is 31.1. The van der Waals surface area contributed by atoms with Gasteiger partial charge in [-0.3, -0.25) is 14.4 Å². The Balaban J connectivity index is 1.81. The average Bonchev–Trinajstić information content (AvgIpc) is 3.53. The molecule has 40 heavy (non-hydrogen) atoms. The van der Waals surface area contributed by atoms with Crippen LogP contribution in [0.2, 0.25) is 5.02 Å². The molecule has 4 rings (SSSR count). The van der Waals surface area contributed by atoms with E-state index in [2.05, 4.69) is 29.1 Å². The van der Waals surface area contributed by atoms with Crippen molar-refractivity contribution in [1.29, 1.82) is 0 Å². The van der Waals surface area contributed by atoms with Gasteiger partial charge in [0.2, 0.25) is 5.91 Å². The molecule has 0 radical (unpaired) electrons. The molecule has 218 valence electrons. The molecule has 0 aromatic heterocycles. The molecule has 3 unspecified atom stereocenters. The maximum absolute atomic E-state index is 14.7. The van der Waals surface area contributed by atoms with Crippen molar-refractivity contribution in [2.45, 2.75) is 66.4 Å². The topological polar surface area (TPSA) is 87.1 Å². The lowest BCUT2D eigenvalue weighted by atomic mass is 9.71. The number of alkyl halides is 1. The number of carbonyl (C=O) groups excluding carboxylic acids is 3. The van der Waals surface area contributed by atoms with Crippen LogP contribution in [0.1, 0.15) is 39.5 Å². The molecule has 3 saturated heterocycles. The molecule has 8 atom stereocenters. The summed E-state index contributed by atoms with van der Waals surface area (Å²) < 4.78 is 4.81. The number of amides is 2. The number of esters is 1. The maximum Gasteiger partial charge on any atom is 0.310 e. The molecule has 3 fully saturated rings. The van der Waals surface area contributed by atoms with E-state index in [0.29, 0.717) is 30.0 Å². The number of para-hydroxylation sites is 1. The van der Waals surface area contributed by atoms with Crippen molar-refractivity contribution >= 4 is 62.8 Å². The summed E-state index contributed by atoms with van der Waals surface area (Å²) in [4.78, 5) is 45.8. The summed E-state index contributed by atoms with van der Waals surface area (Å²) in [6.45, 7) is 11.7. The number of aliphatic hydroxyl groups excluding tert-OH is 1. The Morgan fingerprint density at radius 1 is 1.35 bits per heavy atom. The van der Waals surface area contributed by atoms with E-state index in [0.717, 1.165) is 6.42 Å². The van der Waals surface area contributed by atoms with Gasteiger partial charge in [0.1, 0.15) is 6.04 Å². The third-order valence-corrected chi connectivity index (χ3v) is 12.1. The zero-order chi connectivity index (χ0) is 29.2. The lowest BCUT2D eigenvalue weighted by Gasteiger charge is -2.41. The second kappa shape index (κ2) is 13.0. The number of allylic oxidation sites excluding steroid dienone is 1. The van der Waals surface area contributed by atoms with Crippen molar-refractivity contribution in [3.63, 3.8) is 0 Å². The first-order valence-corrected chi connectivity index (χ1v) is 16.0. The van der Waals surface area contributed by atoms with Crippen LogP contribution in [0.15, 0.2) is 49.6 Å². The van der Waals surface area contributed by atoms with Crippen molar-refractivity contribution in [3.8, 4) is 0 Å². The fourth-order valence-corrected chi connectivity index (χ4v) is 10.4. The predicted octanol–water partition coefficient (Wildman–Crippen LogP) is 5.24. The number of aliphatic hydroxyl groups is 1. The van der Waals surface area contributed by atoms with Crippen LogP contribution < -0.4 is 4.90 Å². The summed E-state index contributed by atoms with van der Waals surface area (Å²) in [5.74, 6) is -2.46. The van der Waals surface area contributed by atoms with E-state index in [-0.39, 0.29) is 47.6 Å². The summed E-state index contributed by atoms with van der Waals surface area (Å²) in [6, 6.07) is 5.61. The Bertz CT molecular complexity index is 1150. The highest BCUT2D eigenvalue weighted by Gasteiger charge is 2.77. The number of nitrogens with zero attached hydrogens (tertiary/aromatic N) is 2. The van der Waals surface area contributed by atoms with Gasteiger partial charge in [-0.2, -0.15) is 0 Å². The van der Waals surface area contributed by atoms with Gasteiger partial charge >= 0.3 is 5.97 Å². The number of hydrogen-bond donors (Lipinski definition) is 1. The number of carbonyl (C=O) groups is 3. The van der Waals surface area contributed by atoms with Gasteiger partial charge in [0.25, 0.3) is 5.91 Å². The van der Waals surface area contributed by atoms with Crippen molar-refractivity contribution in [3.05, 3.63) is 54.6 Å². The summed E-state index contributed by atoms with van der Waals surface area (Å²) >= 11 is 11.9. The molecule has 3 aliphatic rings. The summed E-state index contributed by atoms with van der Waals surface area (Å²) in [5.41, 5.74) is 0.525. The minimum atomic E-state index is -0.902. The molecule has 7 nitrogen and oxygen atoms in total. The standard InChI is InChI=1S/C30H38BrClN2O5S/c1-5-8-11-15-39-29(38)23-24-27(36)34(22(17-35)18(4)7-3)26(30(24)16-19(31)25(23)40-30)28(37)33(14-6-2)21-13-10-9-12-20(21)32/h5-6,9-10,12-13,18-19,22-26,35H,1-2,7-8,11,14-17H2,3-4H3/t18-,19?,22-,23-,24-,25-,26?,30?/m0/s1. The minimum Gasteiger partial charge on any atom is -0.465 e. The quantitative estimate of drug-likeness (QED) is 0.136. The van der Waals surface area contributed by atoms with Gasteiger partial charge in [0.05, 0.1) is 46.5 Å². The number of ether oxygens (including phenoxy) is 1. The average molecular weight is 654 g/mol. The number of halogens is 2. The molecule has 3 heterocycles. The summed E-state index contributed by atoms with van der Waals surface area (Å²) in [7, 11) is 0. The molecule has 1 aromatic carbocycles. The van der Waals surface area contributed by atoms with Gasteiger partial charge in [-0.05, 0) is 37.3 Å². The van der Waals surface area contributed by atoms with Crippen molar-refractivity contribution in [2.24, 2.45) is 17.8 Å². The summed E-state index contributed by atoms with van der Waals surface area (Å²) in [5, 5.41) is 10.8. The van der Waals surface area contributed by atoms with Crippen LogP contribution in [0.5, 0.6) is 0 Å². The third-order valence-electron chi connectivity index (χ3n) is 8.60. The molecule has 10 heteroatoms. The number of anilines is 1. The Morgan fingerprint density at radius 3 is 2.70 bits per heavy atom. The van der Waals surface area contributed by atoms with Crippen LogP contribution in [0.4, 0.5) is 5.69 Å². The molecule has 1 N–H and O–H groups in total. The first-order chi connectivity index (χ1) is 19.2. The zero-order valence-electron chi connectivity index (χ0n) is 23.0. The first-order valence-electron chi connectivity index (χ1n) is 13.9. The zero-order valence-corrected chi connectivity index (χ0v) is 26.2. The van der Waals surface area contributed by atoms with E-state index in [1.54, 1.807) is 51.9 Å². The molecular formula is C30H38BrClN2O5S. The smallest absolute Gasteiger partial charge is 0.310 e. The Kier molecular flexibility index (Phi) is 10.1. The van der Waals surface area contributed by atoms with Crippen LogP contribution >= 0.6 is 39.3 Å². The lowest BCUT2D eigenvalue weighted by Crippen LogP contribution is -2.59. The van der Waals surface area contributed by atoms with Crippen LogP contribution in [0.25, 0.3) is 0 Å². The Morgan fingerprint density at radius 2 is 2.08 bits per heavy atom. The van der Waals surface area contributed by atoms with Crippen LogP contribution in [0, 0.1) is 17.8 Å². The number of hydrogen-bond acceptors (Lipinski definition) is 6. The second-order valence-corrected chi connectivity index (χ2v) is 14.0. The molecule has 3 aliphatic heterocycles. The number of rotatable bonds is 13. The SMILES string of the molecule is C=CCCCOC(=O)[C@H]1[C@H]2C(=O)N([C@@H](CO)[C@@H](C)CC)C(C(=O)N(CC=C)c3ccccc3Cl)C23CC(Br)[C@@H]1S3. The van der Waals surface area contributed by atoms with Crippen molar-refractivity contribution < 1.29 is 24.2 Å². The third kappa shape index (κ3) is 5.27. The van der Waals surface area contributed by atoms with Crippen molar-refractivity contribution in [2.75, 3.05) is 24.7 Å². The molecular weight excluding hydrogens is 616 g/mol. The number of benzene rings is 1. The molecule has 2 amide bonds. The monoisotopic (exact) mass is 652 g/mol. The van der Waals surface area contributed by atoms with E-state index in [1.807, 2.05) is 19.9 Å². The van der Waals surface area contributed by atoms with Crippen LogP contribution in [0.3, 0.4) is 0 Å². The van der Waals surface area contributed by atoms with Gasteiger partial charge in [-0.1, -0.05) is 72.1 Å². The predicted molar refractivity (Wildman–Crippen MR) is 164 cm³/mol. The van der Waals surface area contributed by atoms with Gasteiger partial charge in [0, 0.05) is 16.6 Å². The number of fused-ring (bicyclic) bond motifs is 1. The molecule has 0 saturated carbocycles. The maximum atomic E-state index is 14.7. The van der Waals surface area contributed by atoms with Gasteiger partial charge < -0.3 is 19.6 Å². The normalized spacial score (nSPS) is 30.1. The van der Waals surface area contributed by atoms with Crippen LogP contribution in [-0.4, -0.2) is 74.5 Å². The van der Waals surface area contributed by atoms with Gasteiger partial charge in [-0.15, -0.1) is 24.9 Å². The number of thioether (sulfide) groups is 1. The fourth-order valence-electron chi connectivity index (χ4n) is 6.54. The van der Waals surface area contributed by atoms with E-state index < -0.39 is 34.6 Å².